The fourth-order valence-corrected chi connectivity index (χ4v) is 1.88. The van der Waals surface area contributed by atoms with Crippen LogP contribution in [0.3, 0.4) is 0 Å². The van der Waals surface area contributed by atoms with Crippen molar-refractivity contribution in [1.82, 2.24) is 0 Å². The molecule has 0 atom stereocenters. The van der Waals surface area contributed by atoms with Gasteiger partial charge in [0.1, 0.15) is 5.67 Å². The van der Waals surface area contributed by atoms with E-state index in [2.05, 4.69) is 15.9 Å². The Morgan fingerprint density at radius 1 is 1.22 bits per heavy atom. The van der Waals surface area contributed by atoms with Gasteiger partial charge in [0.25, 0.3) is 0 Å². The average Bonchev–Trinajstić information content (AvgIpc) is 1.90. The average molecular weight is 195 g/mol. The zero-order valence-electron chi connectivity index (χ0n) is 5.50. The van der Waals surface area contributed by atoms with Crippen LogP contribution in [0.4, 0.5) is 4.39 Å². The number of halogens is 2. The molecule has 54 valence electrons. The number of hydrogen-bond donors (Lipinski definition) is 0. The van der Waals surface area contributed by atoms with Gasteiger partial charge >= 0.3 is 0 Å². The zero-order valence-corrected chi connectivity index (χ0v) is 7.08. The van der Waals surface area contributed by atoms with Gasteiger partial charge in [0, 0.05) is 5.33 Å². The highest BCUT2D eigenvalue weighted by Crippen LogP contribution is 2.32. The molecule has 0 aromatic heterocycles. The molecule has 0 bridgehead atoms. The fourth-order valence-electron chi connectivity index (χ4n) is 1.32. The summed E-state index contributed by atoms with van der Waals surface area (Å²) in [6.45, 7) is 0. The maximum atomic E-state index is 13.3. The summed E-state index contributed by atoms with van der Waals surface area (Å²) in [5.41, 5.74) is -0.863. The molecule has 0 aliphatic heterocycles. The number of alkyl halides is 2. The molecule has 0 unspecified atom stereocenters. The van der Waals surface area contributed by atoms with Crippen molar-refractivity contribution in [3.05, 3.63) is 0 Å². The van der Waals surface area contributed by atoms with Crippen LogP contribution in [0.25, 0.3) is 0 Å². The molecule has 1 aliphatic carbocycles. The van der Waals surface area contributed by atoms with Crippen LogP contribution in [0.2, 0.25) is 0 Å². The van der Waals surface area contributed by atoms with Crippen molar-refractivity contribution >= 4 is 15.9 Å². The van der Waals surface area contributed by atoms with Gasteiger partial charge in [0.2, 0.25) is 0 Å². The topological polar surface area (TPSA) is 0 Å². The van der Waals surface area contributed by atoms with Crippen LogP contribution < -0.4 is 0 Å². The molecule has 1 rings (SSSR count). The van der Waals surface area contributed by atoms with Gasteiger partial charge in [-0.25, -0.2) is 4.39 Å². The molecule has 0 nitrogen and oxygen atoms in total. The lowest BCUT2D eigenvalue weighted by Crippen LogP contribution is -2.27. The number of hydrogen-bond acceptors (Lipinski definition) is 0. The van der Waals surface area contributed by atoms with E-state index in [1.807, 2.05) is 0 Å². The molecule has 0 saturated heterocycles. The van der Waals surface area contributed by atoms with E-state index in [9.17, 15) is 4.39 Å². The van der Waals surface area contributed by atoms with Gasteiger partial charge in [-0.2, -0.15) is 0 Å². The lowest BCUT2D eigenvalue weighted by atomic mass is 9.88. The molecule has 0 N–H and O–H groups in total. The van der Waals surface area contributed by atoms with Crippen molar-refractivity contribution in [3.8, 4) is 0 Å². The van der Waals surface area contributed by atoms with E-state index in [1.165, 1.54) is 6.42 Å². The van der Waals surface area contributed by atoms with Gasteiger partial charge in [-0.3, -0.25) is 0 Å². The lowest BCUT2D eigenvalue weighted by Gasteiger charge is -2.26. The van der Waals surface area contributed by atoms with Gasteiger partial charge in [0.15, 0.2) is 0 Å². The molecule has 0 amide bonds. The minimum Gasteiger partial charge on any atom is -0.243 e. The summed E-state index contributed by atoms with van der Waals surface area (Å²) in [6.07, 6.45) is 4.89. The quantitative estimate of drug-likeness (QED) is 0.564. The first-order valence-electron chi connectivity index (χ1n) is 3.52. The second kappa shape index (κ2) is 3.00. The first-order chi connectivity index (χ1) is 4.27. The van der Waals surface area contributed by atoms with Crippen LogP contribution in [0.5, 0.6) is 0 Å². The van der Waals surface area contributed by atoms with Gasteiger partial charge in [-0.05, 0) is 12.8 Å². The van der Waals surface area contributed by atoms with Crippen molar-refractivity contribution in [2.24, 2.45) is 0 Å². The monoisotopic (exact) mass is 194 g/mol. The molecular formula is C7H12BrF. The van der Waals surface area contributed by atoms with Gasteiger partial charge in [0.05, 0.1) is 0 Å². The predicted molar refractivity (Wildman–Crippen MR) is 40.7 cm³/mol. The summed E-state index contributed by atoms with van der Waals surface area (Å²) >= 11 is 3.19. The zero-order chi connectivity index (χ0) is 6.74. The second-order valence-electron chi connectivity index (χ2n) is 2.85. The molecule has 0 radical (unpaired) electrons. The lowest BCUT2D eigenvalue weighted by molar-refractivity contribution is 0.137. The number of rotatable bonds is 1. The van der Waals surface area contributed by atoms with Crippen molar-refractivity contribution in [3.63, 3.8) is 0 Å². The van der Waals surface area contributed by atoms with E-state index in [1.54, 1.807) is 0 Å². The Morgan fingerprint density at radius 2 is 1.78 bits per heavy atom. The minimum absolute atomic E-state index is 0.528. The van der Waals surface area contributed by atoms with Crippen LogP contribution >= 0.6 is 15.9 Å². The molecule has 0 aromatic rings. The van der Waals surface area contributed by atoms with Crippen LogP contribution in [-0.4, -0.2) is 11.0 Å². The molecule has 1 aliphatic rings. The molecule has 2 heteroatoms. The van der Waals surface area contributed by atoms with E-state index in [-0.39, 0.29) is 0 Å². The van der Waals surface area contributed by atoms with Crippen LogP contribution in [0.1, 0.15) is 32.1 Å². The van der Waals surface area contributed by atoms with E-state index in [0.717, 1.165) is 25.7 Å². The smallest absolute Gasteiger partial charge is 0.120 e. The second-order valence-corrected chi connectivity index (χ2v) is 3.41. The SMILES string of the molecule is FC1(CBr)CCCCC1. The standard InChI is InChI=1S/C7H12BrF/c8-6-7(9)4-2-1-3-5-7/h1-6H2. The van der Waals surface area contributed by atoms with E-state index in [0.29, 0.717) is 5.33 Å². The van der Waals surface area contributed by atoms with E-state index < -0.39 is 5.67 Å². The molecule has 1 saturated carbocycles. The van der Waals surface area contributed by atoms with Gasteiger partial charge in [-0.1, -0.05) is 35.2 Å². The third-order valence-electron chi connectivity index (χ3n) is 1.99. The summed E-state index contributed by atoms with van der Waals surface area (Å²) in [6, 6.07) is 0. The third kappa shape index (κ3) is 1.92. The summed E-state index contributed by atoms with van der Waals surface area (Å²) in [4.78, 5) is 0. The Hall–Kier alpha value is 0.410. The Kier molecular flexibility index (Phi) is 2.50. The molecular weight excluding hydrogens is 183 g/mol. The summed E-state index contributed by atoms with van der Waals surface area (Å²) in [5.74, 6) is 0. The normalized spacial score (nSPS) is 26.0. The van der Waals surface area contributed by atoms with E-state index in [4.69, 9.17) is 0 Å². The van der Waals surface area contributed by atoms with Crippen molar-refractivity contribution in [1.29, 1.82) is 0 Å². The maximum absolute atomic E-state index is 13.3. The minimum atomic E-state index is -0.863. The van der Waals surface area contributed by atoms with E-state index >= 15 is 0 Å². The molecule has 0 heterocycles. The summed E-state index contributed by atoms with van der Waals surface area (Å²) < 4.78 is 13.3. The maximum Gasteiger partial charge on any atom is 0.120 e. The van der Waals surface area contributed by atoms with Crippen LogP contribution in [0.15, 0.2) is 0 Å². The Balaban J connectivity index is 2.37. The fraction of sp³-hybridized carbons (Fsp3) is 1.00. The van der Waals surface area contributed by atoms with Crippen molar-refractivity contribution < 1.29 is 4.39 Å². The van der Waals surface area contributed by atoms with Crippen LogP contribution in [-0.2, 0) is 0 Å². The Bertz CT molecular complexity index is 86.9. The van der Waals surface area contributed by atoms with Crippen molar-refractivity contribution in [2.75, 3.05) is 5.33 Å². The first kappa shape index (κ1) is 7.52. The Labute approximate surface area is 64.0 Å². The predicted octanol–water partition coefficient (Wildman–Crippen LogP) is 3.05. The largest absolute Gasteiger partial charge is 0.243 e. The van der Waals surface area contributed by atoms with Gasteiger partial charge < -0.3 is 0 Å². The Morgan fingerprint density at radius 3 is 2.11 bits per heavy atom. The highest BCUT2D eigenvalue weighted by Gasteiger charge is 2.29. The molecule has 0 spiro atoms. The van der Waals surface area contributed by atoms with Crippen molar-refractivity contribution in [2.45, 2.75) is 37.8 Å². The molecule has 9 heavy (non-hydrogen) atoms. The third-order valence-corrected chi connectivity index (χ3v) is 2.99. The highest BCUT2D eigenvalue weighted by atomic mass is 79.9. The summed E-state index contributed by atoms with van der Waals surface area (Å²) in [5, 5.41) is 0.528. The molecule has 0 aromatic carbocycles. The van der Waals surface area contributed by atoms with Crippen LogP contribution in [0, 0.1) is 0 Å². The first-order valence-corrected chi connectivity index (χ1v) is 4.64. The summed E-state index contributed by atoms with van der Waals surface area (Å²) in [7, 11) is 0. The van der Waals surface area contributed by atoms with Gasteiger partial charge in [-0.15, -0.1) is 0 Å². The highest BCUT2D eigenvalue weighted by molar-refractivity contribution is 9.09. The molecule has 1 fully saturated rings.